The summed E-state index contributed by atoms with van der Waals surface area (Å²) < 4.78 is 0.846. The molecular formula is C11H13BrN2O2S. The van der Waals surface area contributed by atoms with E-state index in [-0.39, 0.29) is 17.6 Å². The molecule has 1 unspecified atom stereocenters. The number of thiophene rings is 1. The summed E-state index contributed by atoms with van der Waals surface area (Å²) in [6, 6.07) is 1.87. The zero-order valence-electron chi connectivity index (χ0n) is 9.19. The highest BCUT2D eigenvalue weighted by atomic mass is 79.9. The molecule has 17 heavy (non-hydrogen) atoms. The molecule has 92 valence electrons. The Morgan fingerprint density at radius 3 is 2.88 bits per heavy atom. The Labute approximate surface area is 112 Å². The highest BCUT2D eigenvalue weighted by Gasteiger charge is 2.28. The van der Waals surface area contributed by atoms with E-state index in [2.05, 4.69) is 15.9 Å². The number of likely N-dealkylation sites (tertiary alicyclic amines) is 1. The molecule has 0 saturated carbocycles. The molecule has 1 saturated heterocycles. The molecule has 1 aromatic rings. The highest BCUT2D eigenvalue weighted by molar-refractivity contribution is 9.10. The lowest BCUT2D eigenvalue weighted by atomic mass is 10.1. The fourth-order valence-electron chi connectivity index (χ4n) is 1.98. The molecule has 1 fully saturated rings. The van der Waals surface area contributed by atoms with Gasteiger partial charge in [-0.15, -0.1) is 11.3 Å². The van der Waals surface area contributed by atoms with Crippen molar-refractivity contribution in [1.82, 2.24) is 4.90 Å². The topological polar surface area (TPSA) is 63.4 Å². The fraction of sp³-hybridized carbons (Fsp3) is 0.455. The molecule has 0 spiro atoms. The third-order valence-corrected chi connectivity index (χ3v) is 4.79. The van der Waals surface area contributed by atoms with Gasteiger partial charge in [-0.3, -0.25) is 14.5 Å². The van der Waals surface area contributed by atoms with Gasteiger partial charge in [0.1, 0.15) is 0 Å². The van der Waals surface area contributed by atoms with Crippen LogP contribution in [0, 0.1) is 5.92 Å². The van der Waals surface area contributed by atoms with Crippen molar-refractivity contribution >= 4 is 39.0 Å². The number of rotatable bonds is 4. The Balaban J connectivity index is 1.93. The standard InChI is InChI=1S/C11H13BrN2O2S/c12-8-2-4-17-10(8)9(15)6-14-3-1-7(5-14)11(13)16/h2,4,7H,1,3,5-6H2,(H2,13,16). The molecule has 0 aliphatic carbocycles. The van der Waals surface area contributed by atoms with Crippen LogP contribution in [-0.4, -0.2) is 36.2 Å². The summed E-state index contributed by atoms with van der Waals surface area (Å²) in [5, 5.41) is 1.88. The number of ketones is 1. The second kappa shape index (κ2) is 5.29. The van der Waals surface area contributed by atoms with Crippen LogP contribution in [-0.2, 0) is 4.79 Å². The molecule has 2 N–H and O–H groups in total. The summed E-state index contributed by atoms with van der Waals surface area (Å²) in [5.41, 5.74) is 5.25. The monoisotopic (exact) mass is 316 g/mol. The molecule has 0 aromatic carbocycles. The number of carbonyl (C=O) groups excluding carboxylic acids is 2. The van der Waals surface area contributed by atoms with E-state index in [9.17, 15) is 9.59 Å². The van der Waals surface area contributed by atoms with E-state index in [1.807, 2.05) is 16.3 Å². The minimum Gasteiger partial charge on any atom is -0.369 e. The largest absolute Gasteiger partial charge is 0.369 e. The Morgan fingerprint density at radius 2 is 2.35 bits per heavy atom. The van der Waals surface area contributed by atoms with E-state index >= 15 is 0 Å². The molecule has 1 aromatic heterocycles. The molecule has 2 rings (SSSR count). The van der Waals surface area contributed by atoms with E-state index in [0.717, 1.165) is 22.3 Å². The first kappa shape index (κ1) is 12.7. The summed E-state index contributed by atoms with van der Waals surface area (Å²) in [5.74, 6) is -0.274. The molecule has 1 aliphatic rings. The molecule has 1 aliphatic heterocycles. The van der Waals surface area contributed by atoms with E-state index < -0.39 is 0 Å². The van der Waals surface area contributed by atoms with E-state index in [1.165, 1.54) is 11.3 Å². The minimum absolute atomic E-state index is 0.0944. The molecule has 2 heterocycles. The van der Waals surface area contributed by atoms with Crippen molar-refractivity contribution in [3.05, 3.63) is 20.8 Å². The number of Topliss-reactive ketones (excluding diaryl/α,β-unsaturated/α-hetero) is 1. The molecule has 0 bridgehead atoms. The number of nitrogens with zero attached hydrogens (tertiary/aromatic N) is 1. The van der Waals surface area contributed by atoms with Gasteiger partial charge in [0.25, 0.3) is 0 Å². The second-order valence-electron chi connectivity index (χ2n) is 4.14. The van der Waals surface area contributed by atoms with Crippen molar-refractivity contribution in [2.24, 2.45) is 11.7 Å². The first-order valence-electron chi connectivity index (χ1n) is 5.36. The quantitative estimate of drug-likeness (QED) is 0.856. The van der Waals surface area contributed by atoms with Crippen molar-refractivity contribution in [2.75, 3.05) is 19.6 Å². The number of carbonyl (C=O) groups is 2. The third kappa shape index (κ3) is 2.94. The minimum atomic E-state index is -0.266. The summed E-state index contributed by atoms with van der Waals surface area (Å²) in [4.78, 5) is 25.7. The van der Waals surface area contributed by atoms with Crippen LogP contribution in [0.5, 0.6) is 0 Å². The lowest BCUT2D eigenvalue weighted by molar-refractivity contribution is -0.121. The van der Waals surface area contributed by atoms with Crippen molar-refractivity contribution in [3.8, 4) is 0 Å². The Hall–Kier alpha value is -0.720. The Morgan fingerprint density at radius 1 is 1.59 bits per heavy atom. The Kier molecular flexibility index (Phi) is 3.96. The third-order valence-electron chi connectivity index (χ3n) is 2.91. The number of primary amides is 1. The first-order chi connectivity index (χ1) is 8.08. The average Bonchev–Trinajstić information content (AvgIpc) is 2.86. The van der Waals surface area contributed by atoms with Crippen LogP contribution in [0.1, 0.15) is 16.1 Å². The van der Waals surface area contributed by atoms with Gasteiger partial charge in [-0.2, -0.15) is 0 Å². The smallest absolute Gasteiger partial charge is 0.221 e. The number of hydrogen-bond acceptors (Lipinski definition) is 4. The SMILES string of the molecule is NC(=O)C1CCN(CC(=O)c2sccc2Br)C1. The number of nitrogens with two attached hydrogens (primary N) is 1. The maximum atomic E-state index is 12.0. The van der Waals surface area contributed by atoms with Gasteiger partial charge >= 0.3 is 0 Å². The van der Waals surface area contributed by atoms with Gasteiger partial charge in [-0.1, -0.05) is 0 Å². The van der Waals surface area contributed by atoms with Crippen LogP contribution in [0.4, 0.5) is 0 Å². The fourth-order valence-corrected chi connectivity index (χ4v) is 3.50. The lowest BCUT2D eigenvalue weighted by Gasteiger charge is -2.13. The van der Waals surface area contributed by atoms with Crippen molar-refractivity contribution in [1.29, 1.82) is 0 Å². The highest BCUT2D eigenvalue weighted by Crippen LogP contribution is 2.24. The molecular weight excluding hydrogens is 304 g/mol. The molecule has 0 radical (unpaired) electrons. The maximum absolute atomic E-state index is 12.0. The van der Waals surface area contributed by atoms with Gasteiger partial charge in [0.05, 0.1) is 17.3 Å². The van der Waals surface area contributed by atoms with Gasteiger partial charge in [0.2, 0.25) is 5.91 Å². The van der Waals surface area contributed by atoms with Crippen molar-refractivity contribution < 1.29 is 9.59 Å². The van der Waals surface area contributed by atoms with Crippen LogP contribution >= 0.6 is 27.3 Å². The van der Waals surface area contributed by atoms with Gasteiger partial charge < -0.3 is 5.73 Å². The van der Waals surface area contributed by atoms with Crippen LogP contribution in [0.15, 0.2) is 15.9 Å². The summed E-state index contributed by atoms with van der Waals surface area (Å²) in [6.45, 7) is 1.73. The van der Waals surface area contributed by atoms with Crippen LogP contribution in [0.2, 0.25) is 0 Å². The number of amides is 1. The second-order valence-corrected chi connectivity index (χ2v) is 5.91. The van der Waals surface area contributed by atoms with E-state index in [0.29, 0.717) is 13.1 Å². The molecule has 4 nitrogen and oxygen atoms in total. The van der Waals surface area contributed by atoms with Crippen LogP contribution in [0.25, 0.3) is 0 Å². The summed E-state index contributed by atoms with van der Waals surface area (Å²) in [7, 11) is 0. The number of hydrogen-bond donors (Lipinski definition) is 1. The van der Waals surface area contributed by atoms with E-state index in [4.69, 9.17) is 5.73 Å². The first-order valence-corrected chi connectivity index (χ1v) is 7.03. The van der Waals surface area contributed by atoms with Gasteiger partial charge in [-0.25, -0.2) is 0 Å². The summed E-state index contributed by atoms with van der Waals surface area (Å²) in [6.07, 6.45) is 0.758. The molecule has 6 heteroatoms. The van der Waals surface area contributed by atoms with E-state index in [1.54, 1.807) is 0 Å². The predicted molar refractivity (Wildman–Crippen MR) is 70.1 cm³/mol. The lowest BCUT2D eigenvalue weighted by Crippen LogP contribution is -2.30. The maximum Gasteiger partial charge on any atom is 0.221 e. The zero-order chi connectivity index (χ0) is 12.4. The van der Waals surface area contributed by atoms with Gasteiger partial charge in [-0.05, 0) is 40.3 Å². The van der Waals surface area contributed by atoms with Crippen molar-refractivity contribution in [3.63, 3.8) is 0 Å². The summed E-state index contributed by atoms with van der Waals surface area (Å²) >= 11 is 4.78. The predicted octanol–water partition coefficient (Wildman–Crippen LogP) is 1.50. The zero-order valence-corrected chi connectivity index (χ0v) is 11.6. The number of halogens is 1. The van der Waals surface area contributed by atoms with Crippen LogP contribution in [0.3, 0.4) is 0 Å². The van der Waals surface area contributed by atoms with Gasteiger partial charge in [0, 0.05) is 11.0 Å². The van der Waals surface area contributed by atoms with Crippen LogP contribution < -0.4 is 5.73 Å². The molecule has 1 atom stereocenters. The average molecular weight is 317 g/mol. The Bertz CT molecular complexity index is 446. The van der Waals surface area contributed by atoms with Crippen molar-refractivity contribution in [2.45, 2.75) is 6.42 Å². The normalized spacial score (nSPS) is 20.6. The van der Waals surface area contributed by atoms with Gasteiger partial charge in [0.15, 0.2) is 5.78 Å². The molecule has 1 amide bonds.